The van der Waals surface area contributed by atoms with Gasteiger partial charge in [0.05, 0.1) is 12.1 Å². The van der Waals surface area contributed by atoms with Crippen molar-refractivity contribution in [1.29, 1.82) is 0 Å². The Balaban J connectivity index is 1.71. The normalized spacial score (nSPS) is 13.7. The van der Waals surface area contributed by atoms with Gasteiger partial charge >= 0.3 is 0 Å². The molecule has 1 aliphatic rings. The highest BCUT2D eigenvalue weighted by Gasteiger charge is 2.28. The number of aryl methyl sites for hydroxylation is 1. The summed E-state index contributed by atoms with van der Waals surface area (Å²) in [5.41, 5.74) is 4.70. The first kappa shape index (κ1) is 21.2. The molecule has 0 N–H and O–H groups in total. The van der Waals surface area contributed by atoms with Crippen LogP contribution >= 0.6 is 0 Å². The van der Waals surface area contributed by atoms with Crippen LogP contribution in [-0.2, 0) is 6.54 Å². The number of carbonyl (C=O) groups is 1. The SMILES string of the molecule is Cc1ccc(C(=O)N(Cc2c(-c3ccccc3)noc2N2CCCC2)CC(C)C)cc1. The third kappa shape index (κ3) is 4.82. The van der Waals surface area contributed by atoms with E-state index in [4.69, 9.17) is 4.52 Å². The molecule has 5 heteroatoms. The summed E-state index contributed by atoms with van der Waals surface area (Å²) in [4.78, 5) is 17.7. The zero-order chi connectivity index (χ0) is 21.8. The van der Waals surface area contributed by atoms with E-state index in [1.165, 1.54) is 0 Å². The van der Waals surface area contributed by atoms with Crippen LogP contribution < -0.4 is 4.90 Å². The molecule has 2 aromatic carbocycles. The molecule has 0 bridgehead atoms. The minimum absolute atomic E-state index is 0.0429. The van der Waals surface area contributed by atoms with Gasteiger partial charge in [-0.1, -0.05) is 67.0 Å². The number of hydrogen-bond acceptors (Lipinski definition) is 4. The molecule has 0 unspecified atom stereocenters. The zero-order valence-electron chi connectivity index (χ0n) is 18.7. The van der Waals surface area contributed by atoms with Crippen molar-refractivity contribution in [3.8, 4) is 11.3 Å². The van der Waals surface area contributed by atoms with Crippen LogP contribution in [0.5, 0.6) is 0 Å². The molecule has 3 aromatic rings. The average Bonchev–Trinajstić information content (AvgIpc) is 3.43. The molecule has 5 nitrogen and oxygen atoms in total. The van der Waals surface area contributed by atoms with Gasteiger partial charge in [-0.05, 0) is 37.8 Å². The molecule has 4 rings (SSSR count). The summed E-state index contributed by atoms with van der Waals surface area (Å²) in [6, 6.07) is 17.9. The van der Waals surface area contributed by atoms with Crippen LogP contribution in [0.1, 0.15) is 48.2 Å². The van der Waals surface area contributed by atoms with Gasteiger partial charge in [-0.2, -0.15) is 0 Å². The number of hydrogen-bond donors (Lipinski definition) is 0. The van der Waals surface area contributed by atoms with Crippen LogP contribution in [0.3, 0.4) is 0 Å². The van der Waals surface area contributed by atoms with Gasteiger partial charge in [-0.15, -0.1) is 0 Å². The molecule has 0 radical (unpaired) electrons. The number of nitrogens with zero attached hydrogens (tertiary/aromatic N) is 3. The number of carbonyl (C=O) groups excluding carboxylic acids is 1. The van der Waals surface area contributed by atoms with Gasteiger partial charge in [0.25, 0.3) is 5.91 Å². The molecule has 31 heavy (non-hydrogen) atoms. The van der Waals surface area contributed by atoms with E-state index in [-0.39, 0.29) is 5.91 Å². The van der Waals surface area contributed by atoms with Gasteiger partial charge in [-0.3, -0.25) is 4.79 Å². The second kappa shape index (κ2) is 9.38. The van der Waals surface area contributed by atoms with Gasteiger partial charge in [0.2, 0.25) is 5.88 Å². The Morgan fingerprint density at radius 1 is 1.06 bits per heavy atom. The predicted octanol–water partition coefficient (Wildman–Crippen LogP) is 5.55. The Morgan fingerprint density at radius 3 is 2.39 bits per heavy atom. The summed E-state index contributed by atoms with van der Waals surface area (Å²) in [6.07, 6.45) is 2.30. The average molecular weight is 418 g/mol. The van der Waals surface area contributed by atoms with Crippen molar-refractivity contribution < 1.29 is 9.32 Å². The summed E-state index contributed by atoms with van der Waals surface area (Å²) in [6.45, 7) is 9.39. The largest absolute Gasteiger partial charge is 0.340 e. The van der Waals surface area contributed by atoms with Crippen molar-refractivity contribution in [3.63, 3.8) is 0 Å². The van der Waals surface area contributed by atoms with Crippen molar-refractivity contribution in [2.24, 2.45) is 5.92 Å². The molecular formula is C26H31N3O2. The Morgan fingerprint density at radius 2 is 1.74 bits per heavy atom. The number of rotatable bonds is 7. The first-order valence-corrected chi connectivity index (χ1v) is 11.2. The molecule has 0 atom stereocenters. The van der Waals surface area contributed by atoms with Gasteiger partial charge in [0.15, 0.2) is 0 Å². The van der Waals surface area contributed by atoms with E-state index >= 15 is 0 Å². The van der Waals surface area contributed by atoms with E-state index in [2.05, 4.69) is 23.9 Å². The van der Waals surface area contributed by atoms with Gasteiger partial charge in [0.1, 0.15) is 5.69 Å². The molecular weight excluding hydrogens is 386 g/mol. The maximum absolute atomic E-state index is 13.5. The van der Waals surface area contributed by atoms with Gasteiger partial charge < -0.3 is 14.3 Å². The lowest BCUT2D eigenvalue weighted by Crippen LogP contribution is -2.34. The van der Waals surface area contributed by atoms with Crippen molar-refractivity contribution in [2.45, 2.75) is 40.2 Å². The summed E-state index contributed by atoms with van der Waals surface area (Å²) in [7, 11) is 0. The van der Waals surface area contributed by atoms with Crippen LogP contribution in [0.2, 0.25) is 0 Å². The fourth-order valence-corrected chi connectivity index (χ4v) is 4.16. The number of amides is 1. The van der Waals surface area contributed by atoms with Crippen molar-refractivity contribution in [3.05, 3.63) is 71.3 Å². The minimum Gasteiger partial charge on any atom is -0.340 e. The van der Waals surface area contributed by atoms with Crippen LogP contribution in [0, 0.1) is 12.8 Å². The van der Waals surface area contributed by atoms with Crippen LogP contribution in [0.15, 0.2) is 59.1 Å². The van der Waals surface area contributed by atoms with Gasteiger partial charge in [0, 0.05) is 30.8 Å². The van der Waals surface area contributed by atoms with Crippen LogP contribution in [0.4, 0.5) is 5.88 Å². The molecule has 1 amide bonds. The lowest BCUT2D eigenvalue weighted by molar-refractivity contribution is 0.0723. The predicted molar refractivity (Wildman–Crippen MR) is 124 cm³/mol. The molecule has 0 spiro atoms. The summed E-state index contributed by atoms with van der Waals surface area (Å²) >= 11 is 0. The number of anilines is 1. The van der Waals surface area contributed by atoms with Crippen molar-refractivity contribution in [1.82, 2.24) is 10.1 Å². The highest BCUT2D eigenvalue weighted by molar-refractivity contribution is 5.94. The zero-order valence-corrected chi connectivity index (χ0v) is 18.7. The molecule has 1 aromatic heterocycles. The van der Waals surface area contributed by atoms with Crippen molar-refractivity contribution in [2.75, 3.05) is 24.5 Å². The quantitative estimate of drug-likeness (QED) is 0.506. The standard InChI is InChI=1S/C26H31N3O2/c1-19(2)17-29(25(30)22-13-11-20(3)12-14-22)18-23-24(21-9-5-4-6-10-21)27-31-26(23)28-15-7-8-16-28/h4-6,9-14,19H,7-8,15-18H2,1-3H3. The Bertz CT molecular complexity index is 1000. The number of aromatic nitrogens is 1. The maximum atomic E-state index is 13.5. The summed E-state index contributed by atoms with van der Waals surface area (Å²) in [5.74, 6) is 1.20. The molecule has 1 fully saturated rings. The fourth-order valence-electron chi connectivity index (χ4n) is 4.16. The molecule has 0 saturated carbocycles. The second-order valence-electron chi connectivity index (χ2n) is 8.82. The highest BCUT2D eigenvalue weighted by atomic mass is 16.5. The van der Waals surface area contributed by atoms with E-state index < -0.39 is 0 Å². The van der Waals surface area contributed by atoms with Crippen molar-refractivity contribution >= 4 is 11.8 Å². The Hall–Kier alpha value is -3.08. The van der Waals surface area contributed by atoms with E-state index in [1.54, 1.807) is 0 Å². The fraction of sp³-hybridized carbons (Fsp3) is 0.385. The minimum atomic E-state index is 0.0429. The lowest BCUT2D eigenvalue weighted by Gasteiger charge is -2.26. The first-order chi connectivity index (χ1) is 15.0. The molecule has 162 valence electrons. The lowest BCUT2D eigenvalue weighted by atomic mass is 10.0. The van der Waals surface area contributed by atoms with E-state index in [1.807, 2.05) is 66.4 Å². The van der Waals surface area contributed by atoms with Gasteiger partial charge in [-0.25, -0.2) is 0 Å². The molecule has 2 heterocycles. The Labute approximate surface area is 184 Å². The summed E-state index contributed by atoms with van der Waals surface area (Å²) < 4.78 is 5.88. The maximum Gasteiger partial charge on any atom is 0.254 e. The number of benzene rings is 2. The summed E-state index contributed by atoms with van der Waals surface area (Å²) in [5, 5.41) is 4.45. The Kier molecular flexibility index (Phi) is 6.40. The third-order valence-corrected chi connectivity index (χ3v) is 5.73. The third-order valence-electron chi connectivity index (χ3n) is 5.73. The van der Waals surface area contributed by atoms with E-state index in [0.29, 0.717) is 24.6 Å². The molecule has 1 saturated heterocycles. The second-order valence-corrected chi connectivity index (χ2v) is 8.82. The first-order valence-electron chi connectivity index (χ1n) is 11.2. The van der Waals surface area contributed by atoms with Crippen LogP contribution in [0.25, 0.3) is 11.3 Å². The smallest absolute Gasteiger partial charge is 0.254 e. The van der Waals surface area contributed by atoms with Crippen LogP contribution in [-0.4, -0.2) is 35.6 Å². The topological polar surface area (TPSA) is 49.6 Å². The highest BCUT2D eigenvalue weighted by Crippen LogP contribution is 2.34. The monoisotopic (exact) mass is 417 g/mol. The molecule has 0 aliphatic carbocycles. The molecule has 1 aliphatic heterocycles. The van der Waals surface area contributed by atoms with E-state index in [9.17, 15) is 4.79 Å². The van der Waals surface area contributed by atoms with E-state index in [0.717, 1.165) is 54.2 Å².